The largest absolute Gasteiger partial charge is 0.466 e. The Bertz CT molecular complexity index is 422. The normalized spacial score (nSPS) is 10.8. The van der Waals surface area contributed by atoms with Gasteiger partial charge in [0, 0.05) is 24.0 Å². The van der Waals surface area contributed by atoms with Crippen LogP contribution >= 0.6 is 11.5 Å². The molecule has 0 aliphatic rings. The lowest BCUT2D eigenvalue weighted by atomic mass is 10.2. The minimum Gasteiger partial charge on any atom is -0.466 e. The summed E-state index contributed by atoms with van der Waals surface area (Å²) in [6.07, 6.45) is 0. The molecule has 0 fully saturated rings. The average Bonchev–Trinajstić information content (AvgIpc) is 2.77. The van der Waals surface area contributed by atoms with Crippen molar-refractivity contribution in [2.45, 2.75) is 26.9 Å². The molecule has 15 heavy (non-hydrogen) atoms. The van der Waals surface area contributed by atoms with Gasteiger partial charge in [-0.2, -0.15) is 0 Å². The summed E-state index contributed by atoms with van der Waals surface area (Å²) in [6, 6.07) is 2.06. The molecule has 80 valence electrons. The van der Waals surface area contributed by atoms with E-state index >= 15 is 0 Å². The number of nitrogens with one attached hydrogen (secondary N) is 1. The van der Waals surface area contributed by atoms with E-state index in [0.29, 0.717) is 0 Å². The summed E-state index contributed by atoms with van der Waals surface area (Å²) in [4.78, 5) is 0. The van der Waals surface area contributed by atoms with Crippen molar-refractivity contribution >= 4 is 11.5 Å². The average molecular weight is 223 g/mol. The Morgan fingerprint density at radius 2 is 2.27 bits per heavy atom. The molecule has 0 spiro atoms. The molecule has 4 nitrogen and oxygen atoms in total. The number of aromatic nitrogens is 2. The van der Waals surface area contributed by atoms with E-state index in [9.17, 15) is 0 Å². The van der Waals surface area contributed by atoms with Crippen molar-refractivity contribution in [2.75, 3.05) is 0 Å². The number of rotatable bonds is 4. The van der Waals surface area contributed by atoms with Crippen LogP contribution in [0.3, 0.4) is 0 Å². The first kappa shape index (κ1) is 10.3. The third-order valence-electron chi connectivity index (χ3n) is 2.17. The highest BCUT2D eigenvalue weighted by molar-refractivity contribution is 7.03. The lowest BCUT2D eigenvalue weighted by molar-refractivity contribution is 0.499. The third-order valence-corrected chi connectivity index (χ3v) is 2.72. The second-order valence-corrected chi connectivity index (χ2v) is 4.05. The van der Waals surface area contributed by atoms with Gasteiger partial charge in [0.2, 0.25) is 0 Å². The van der Waals surface area contributed by atoms with Crippen molar-refractivity contribution in [2.24, 2.45) is 0 Å². The summed E-state index contributed by atoms with van der Waals surface area (Å²) >= 11 is 1.37. The van der Waals surface area contributed by atoms with Crippen molar-refractivity contribution in [1.82, 2.24) is 14.9 Å². The van der Waals surface area contributed by atoms with Crippen LogP contribution in [-0.2, 0) is 13.1 Å². The molecule has 2 heterocycles. The van der Waals surface area contributed by atoms with Crippen molar-refractivity contribution in [1.29, 1.82) is 0 Å². The van der Waals surface area contributed by atoms with Gasteiger partial charge in [-0.15, -0.1) is 5.10 Å². The number of aryl methyl sites for hydroxylation is 2. The van der Waals surface area contributed by atoms with E-state index in [1.165, 1.54) is 17.1 Å². The smallest absolute Gasteiger partial charge is 0.105 e. The predicted molar refractivity (Wildman–Crippen MR) is 58.6 cm³/mol. The molecule has 0 radical (unpaired) electrons. The highest BCUT2D eigenvalue weighted by atomic mass is 32.1. The molecule has 0 aliphatic heterocycles. The molecule has 5 heteroatoms. The minimum atomic E-state index is 0.750. The Kier molecular flexibility index (Phi) is 3.13. The zero-order valence-electron chi connectivity index (χ0n) is 8.78. The quantitative estimate of drug-likeness (QED) is 0.861. The summed E-state index contributed by atoms with van der Waals surface area (Å²) in [6.45, 7) is 5.50. The molecule has 0 aliphatic carbocycles. The second kappa shape index (κ2) is 4.55. The van der Waals surface area contributed by atoms with Gasteiger partial charge in [-0.25, -0.2) is 0 Å². The first-order chi connectivity index (χ1) is 7.25. The fourth-order valence-corrected chi connectivity index (χ4v) is 1.90. The molecule has 0 atom stereocenters. The van der Waals surface area contributed by atoms with Gasteiger partial charge in [0.05, 0.1) is 5.69 Å². The van der Waals surface area contributed by atoms with Crippen molar-refractivity contribution in [3.8, 4) is 0 Å². The molecule has 1 N–H and O–H groups in total. The zero-order valence-corrected chi connectivity index (χ0v) is 9.60. The highest BCUT2D eigenvalue weighted by Crippen LogP contribution is 2.13. The van der Waals surface area contributed by atoms with Crippen molar-refractivity contribution in [3.63, 3.8) is 0 Å². The van der Waals surface area contributed by atoms with Gasteiger partial charge in [0.15, 0.2) is 0 Å². The van der Waals surface area contributed by atoms with Crippen LogP contribution < -0.4 is 5.32 Å². The zero-order chi connectivity index (χ0) is 10.7. The Morgan fingerprint density at radius 3 is 2.87 bits per heavy atom. The maximum Gasteiger partial charge on any atom is 0.105 e. The second-order valence-electron chi connectivity index (χ2n) is 3.44. The van der Waals surface area contributed by atoms with E-state index in [0.717, 1.165) is 30.3 Å². The molecular formula is C10H13N3OS. The fraction of sp³-hybridized carbons (Fsp3) is 0.400. The molecule has 0 saturated heterocycles. The van der Waals surface area contributed by atoms with E-state index < -0.39 is 0 Å². The Hall–Kier alpha value is -1.20. The molecular weight excluding hydrogens is 210 g/mol. The van der Waals surface area contributed by atoms with E-state index in [-0.39, 0.29) is 0 Å². The minimum absolute atomic E-state index is 0.750. The SMILES string of the molecule is Cc1cc(CNCc2csnn2)c(C)o1. The molecule has 0 amide bonds. The molecule has 2 aromatic rings. The number of hydrogen-bond acceptors (Lipinski definition) is 5. The van der Waals surface area contributed by atoms with Crippen LogP contribution in [-0.4, -0.2) is 9.59 Å². The monoisotopic (exact) mass is 223 g/mol. The van der Waals surface area contributed by atoms with Gasteiger partial charge < -0.3 is 9.73 Å². The summed E-state index contributed by atoms with van der Waals surface area (Å²) < 4.78 is 9.24. The lowest BCUT2D eigenvalue weighted by Crippen LogP contribution is -2.13. The first-order valence-corrected chi connectivity index (χ1v) is 5.62. The number of hydrogen-bond donors (Lipinski definition) is 1. The summed E-state index contributed by atoms with van der Waals surface area (Å²) in [7, 11) is 0. The number of nitrogens with zero attached hydrogens (tertiary/aromatic N) is 2. The third kappa shape index (κ3) is 2.64. The summed E-state index contributed by atoms with van der Waals surface area (Å²) in [5.74, 6) is 1.94. The molecule has 0 aromatic carbocycles. The molecule has 0 bridgehead atoms. The van der Waals surface area contributed by atoms with Crippen LogP contribution in [0.15, 0.2) is 15.9 Å². The number of furan rings is 1. The fourth-order valence-electron chi connectivity index (χ4n) is 1.45. The van der Waals surface area contributed by atoms with Crippen molar-refractivity contribution < 1.29 is 4.42 Å². The van der Waals surface area contributed by atoms with Crippen LogP contribution in [0.5, 0.6) is 0 Å². The summed E-state index contributed by atoms with van der Waals surface area (Å²) in [5.41, 5.74) is 2.19. The molecule has 0 unspecified atom stereocenters. The Balaban J connectivity index is 1.86. The van der Waals surface area contributed by atoms with Gasteiger partial charge in [-0.1, -0.05) is 4.49 Å². The van der Waals surface area contributed by atoms with Crippen LogP contribution in [0, 0.1) is 13.8 Å². The maximum absolute atomic E-state index is 5.44. The molecule has 2 aromatic heterocycles. The standard InChI is InChI=1S/C10H13N3OS/c1-7-3-9(8(2)14-7)4-11-5-10-6-15-13-12-10/h3,6,11H,4-5H2,1-2H3. The van der Waals surface area contributed by atoms with Gasteiger partial charge >= 0.3 is 0 Å². The van der Waals surface area contributed by atoms with Gasteiger partial charge in [-0.3, -0.25) is 0 Å². The Labute approximate surface area is 92.5 Å². The maximum atomic E-state index is 5.44. The topological polar surface area (TPSA) is 51.0 Å². The van der Waals surface area contributed by atoms with E-state index in [1.54, 1.807) is 0 Å². The van der Waals surface area contributed by atoms with Gasteiger partial charge in [0.25, 0.3) is 0 Å². The van der Waals surface area contributed by atoms with E-state index in [1.807, 2.05) is 19.2 Å². The predicted octanol–water partition coefficient (Wildman–Crippen LogP) is 2.04. The lowest BCUT2D eigenvalue weighted by Gasteiger charge is -2.00. The van der Waals surface area contributed by atoms with Crippen LogP contribution in [0.1, 0.15) is 22.8 Å². The van der Waals surface area contributed by atoms with Crippen molar-refractivity contribution in [3.05, 3.63) is 34.2 Å². The molecule has 0 saturated carbocycles. The van der Waals surface area contributed by atoms with Gasteiger partial charge in [-0.05, 0) is 31.4 Å². The first-order valence-electron chi connectivity index (χ1n) is 4.78. The molecule has 2 rings (SSSR count). The Morgan fingerprint density at radius 1 is 1.40 bits per heavy atom. The highest BCUT2D eigenvalue weighted by Gasteiger charge is 2.04. The van der Waals surface area contributed by atoms with E-state index in [2.05, 4.69) is 21.0 Å². The summed E-state index contributed by atoms with van der Waals surface area (Å²) in [5, 5.41) is 9.20. The van der Waals surface area contributed by atoms with E-state index in [4.69, 9.17) is 4.42 Å². The van der Waals surface area contributed by atoms with Crippen LogP contribution in [0.2, 0.25) is 0 Å². The van der Waals surface area contributed by atoms with Crippen LogP contribution in [0.4, 0.5) is 0 Å². The van der Waals surface area contributed by atoms with Gasteiger partial charge in [0.1, 0.15) is 11.5 Å². The van der Waals surface area contributed by atoms with Crippen LogP contribution in [0.25, 0.3) is 0 Å².